The summed E-state index contributed by atoms with van der Waals surface area (Å²) in [5.41, 5.74) is 7.32. The first kappa shape index (κ1) is 13.8. The standard InChI is InChI=1S/C16H23N3/c1-5-9-10(6-2)12(8-4)14-13(11(9)7-3)15(17)19-16(14)18/h5-8H2,1-4H3,(H3,17,18,19). The van der Waals surface area contributed by atoms with Crippen molar-refractivity contribution in [2.24, 2.45) is 0 Å². The van der Waals surface area contributed by atoms with E-state index in [0.717, 1.165) is 36.8 Å². The summed E-state index contributed by atoms with van der Waals surface area (Å²) in [6.45, 7) is 8.68. The highest BCUT2D eigenvalue weighted by molar-refractivity contribution is 6.25. The molecule has 0 spiro atoms. The van der Waals surface area contributed by atoms with Crippen LogP contribution < -0.4 is 5.32 Å². The van der Waals surface area contributed by atoms with Crippen molar-refractivity contribution in [2.45, 2.75) is 53.4 Å². The number of hydrogen-bond acceptors (Lipinski definition) is 2. The van der Waals surface area contributed by atoms with Gasteiger partial charge in [0.05, 0.1) is 0 Å². The molecule has 0 radical (unpaired) electrons. The summed E-state index contributed by atoms with van der Waals surface area (Å²) in [4.78, 5) is 0. The summed E-state index contributed by atoms with van der Waals surface area (Å²) in [5, 5.41) is 19.1. The molecule has 3 N–H and O–H groups in total. The third-order valence-electron chi connectivity index (χ3n) is 4.11. The van der Waals surface area contributed by atoms with Crippen LogP contribution in [0.1, 0.15) is 61.1 Å². The minimum atomic E-state index is 0.406. The first-order valence-electron chi connectivity index (χ1n) is 7.24. The fourth-order valence-corrected chi connectivity index (χ4v) is 3.40. The fourth-order valence-electron chi connectivity index (χ4n) is 3.40. The van der Waals surface area contributed by atoms with Crippen molar-refractivity contribution in [3.8, 4) is 0 Å². The average molecular weight is 257 g/mol. The van der Waals surface area contributed by atoms with Crippen LogP contribution in [0.3, 0.4) is 0 Å². The molecular formula is C16H23N3. The summed E-state index contributed by atoms with van der Waals surface area (Å²) < 4.78 is 0. The lowest BCUT2D eigenvalue weighted by molar-refractivity contribution is 0.940. The third kappa shape index (κ3) is 1.88. The van der Waals surface area contributed by atoms with Crippen molar-refractivity contribution < 1.29 is 0 Å². The zero-order chi connectivity index (χ0) is 14.2. The molecule has 0 saturated heterocycles. The average Bonchev–Trinajstić information content (AvgIpc) is 2.71. The van der Waals surface area contributed by atoms with Gasteiger partial charge in [0.1, 0.15) is 11.7 Å². The highest BCUT2D eigenvalue weighted by Crippen LogP contribution is 2.33. The van der Waals surface area contributed by atoms with Crippen molar-refractivity contribution in [3.05, 3.63) is 33.4 Å². The molecule has 3 heteroatoms. The van der Waals surface area contributed by atoms with Gasteiger partial charge in [0, 0.05) is 11.1 Å². The van der Waals surface area contributed by atoms with Gasteiger partial charge in [-0.25, -0.2) is 0 Å². The van der Waals surface area contributed by atoms with Crippen LogP contribution in [-0.4, -0.2) is 11.7 Å². The molecule has 1 heterocycles. The van der Waals surface area contributed by atoms with Crippen LogP contribution in [0.5, 0.6) is 0 Å². The first-order valence-corrected chi connectivity index (χ1v) is 7.24. The molecule has 0 fully saturated rings. The van der Waals surface area contributed by atoms with E-state index in [9.17, 15) is 0 Å². The molecule has 0 unspecified atom stereocenters. The van der Waals surface area contributed by atoms with Gasteiger partial charge in [-0.15, -0.1) is 0 Å². The van der Waals surface area contributed by atoms with E-state index >= 15 is 0 Å². The van der Waals surface area contributed by atoms with Crippen LogP contribution in [-0.2, 0) is 25.7 Å². The van der Waals surface area contributed by atoms with Crippen molar-refractivity contribution >= 4 is 11.7 Å². The molecule has 1 aromatic carbocycles. The van der Waals surface area contributed by atoms with Gasteiger partial charge >= 0.3 is 0 Å². The van der Waals surface area contributed by atoms with E-state index in [1.165, 1.54) is 22.3 Å². The van der Waals surface area contributed by atoms with Crippen LogP contribution in [0.4, 0.5) is 0 Å². The van der Waals surface area contributed by atoms with Crippen molar-refractivity contribution in [1.29, 1.82) is 10.8 Å². The maximum absolute atomic E-state index is 8.12. The number of benzene rings is 1. The summed E-state index contributed by atoms with van der Waals surface area (Å²) in [5.74, 6) is 0.813. The molecule has 0 bridgehead atoms. The molecule has 19 heavy (non-hydrogen) atoms. The molecule has 0 atom stereocenters. The van der Waals surface area contributed by atoms with Gasteiger partial charge < -0.3 is 5.32 Å². The summed E-state index contributed by atoms with van der Waals surface area (Å²) >= 11 is 0. The Morgan fingerprint density at radius 1 is 0.632 bits per heavy atom. The summed E-state index contributed by atoms with van der Waals surface area (Å²) in [6.07, 6.45) is 3.88. The van der Waals surface area contributed by atoms with Crippen molar-refractivity contribution in [1.82, 2.24) is 5.32 Å². The van der Waals surface area contributed by atoms with Crippen molar-refractivity contribution in [2.75, 3.05) is 0 Å². The smallest absolute Gasteiger partial charge is 0.132 e. The molecule has 0 amide bonds. The molecule has 2 rings (SSSR count). The molecular weight excluding hydrogens is 234 g/mol. The Bertz CT molecular complexity index is 507. The zero-order valence-electron chi connectivity index (χ0n) is 12.3. The lowest BCUT2D eigenvalue weighted by Gasteiger charge is -2.20. The lowest BCUT2D eigenvalue weighted by Crippen LogP contribution is -2.20. The quantitative estimate of drug-likeness (QED) is 0.762. The summed E-state index contributed by atoms with van der Waals surface area (Å²) in [6, 6.07) is 0. The number of rotatable bonds is 4. The Hall–Kier alpha value is -1.64. The van der Waals surface area contributed by atoms with Gasteiger partial charge in [0.2, 0.25) is 0 Å². The van der Waals surface area contributed by atoms with Gasteiger partial charge in [-0.1, -0.05) is 27.7 Å². The van der Waals surface area contributed by atoms with Crippen LogP contribution >= 0.6 is 0 Å². The van der Waals surface area contributed by atoms with E-state index in [-0.39, 0.29) is 0 Å². The lowest BCUT2D eigenvalue weighted by atomic mass is 9.83. The molecule has 102 valence electrons. The zero-order valence-corrected chi connectivity index (χ0v) is 12.3. The second-order valence-electron chi connectivity index (χ2n) is 4.95. The second-order valence-corrected chi connectivity index (χ2v) is 4.95. The molecule has 0 aliphatic carbocycles. The van der Waals surface area contributed by atoms with Crippen molar-refractivity contribution in [3.63, 3.8) is 0 Å². The fraction of sp³-hybridized carbons (Fsp3) is 0.500. The molecule has 1 aliphatic rings. The van der Waals surface area contributed by atoms with Gasteiger partial charge in [-0.05, 0) is 47.9 Å². The van der Waals surface area contributed by atoms with E-state index in [1.54, 1.807) is 0 Å². The second kappa shape index (κ2) is 5.16. The predicted octanol–water partition coefficient (Wildman–Crippen LogP) is 3.19. The maximum atomic E-state index is 8.12. The largest absolute Gasteiger partial charge is 0.325 e. The normalized spacial score (nSPS) is 13.7. The molecule has 1 aliphatic heterocycles. The van der Waals surface area contributed by atoms with Gasteiger partial charge in [-0.2, -0.15) is 0 Å². The van der Waals surface area contributed by atoms with Crippen LogP contribution in [0.2, 0.25) is 0 Å². The van der Waals surface area contributed by atoms with E-state index in [2.05, 4.69) is 33.0 Å². The Kier molecular flexibility index (Phi) is 3.74. The number of fused-ring (bicyclic) bond motifs is 1. The van der Waals surface area contributed by atoms with E-state index in [0.29, 0.717) is 11.7 Å². The van der Waals surface area contributed by atoms with Crippen LogP contribution in [0.15, 0.2) is 0 Å². The summed E-state index contributed by atoms with van der Waals surface area (Å²) in [7, 11) is 0. The predicted molar refractivity (Wildman–Crippen MR) is 80.7 cm³/mol. The third-order valence-corrected chi connectivity index (χ3v) is 4.11. The van der Waals surface area contributed by atoms with Gasteiger partial charge in [0.15, 0.2) is 0 Å². The van der Waals surface area contributed by atoms with E-state index in [4.69, 9.17) is 10.8 Å². The SMILES string of the molecule is CCc1c(CC)c(CC)c2c(c1CC)C(=N)NC2=N. The number of hydrogen-bond donors (Lipinski definition) is 3. The molecule has 0 aromatic heterocycles. The Labute approximate surface area is 115 Å². The van der Waals surface area contributed by atoms with E-state index in [1.807, 2.05) is 0 Å². The van der Waals surface area contributed by atoms with Gasteiger partial charge in [-0.3, -0.25) is 10.8 Å². The highest BCUT2D eigenvalue weighted by Gasteiger charge is 2.30. The first-order chi connectivity index (χ1) is 9.10. The molecule has 0 saturated carbocycles. The molecule has 3 nitrogen and oxygen atoms in total. The van der Waals surface area contributed by atoms with Crippen LogP contribution in [0.25, 0.3) is 0 Å². The van der Waals surface area contributed by atoms with Gasteiger partial charge in [0.25, 0.3) is 0 Å². The monoisotopic (exact) mass is 257 g/mol. The number of nitrogens with one attached hydrogen (secondary N) is 3. The van der Waals surface area contributed by atoms with Crippen LogP contribution in [0, 0.1) is 10.8 Å². The van der Waals surface area contributed by atoms with E-state index < -0.39 is 0 Å². The maximum Gasteiger partial charge on any atom is 0.132 e. The number of amidine groups is 2. The minimum absolute atomic E-state index is 0.406. The topological polar surface area (TPSA) is 59.7 Å². The highest BCUT2D eigenvalue weighted by atomic mass is 15.0. The molecule has 1 aromatic rings. The minimum Gasteiger partial charge on any atom is -0.325 e. The Morgan fingerprint density at radius 2 is 0.947 bits per heavy atom. The Morgan fingerprint density at radius 3 is 1.21 bits per heavy atom. The Balaban J connectivity index is 2.91.